The second-order valence-corrected chi connectivity index (χ2v) is 5.61. The van der Waals surface area contributed by atoms with Crippen molar-refractivity contribution in [3.05, 3.63) is 28.4 Å². The average Bonchev–Trinajstić information content (AvgIpc) is 3.02. The minimum absolute atomic E-state index is 0. The standard InChI is InChI=1S/C14H20N4O4.ClH/c1-2-3-18-8(5-19)12(20)13(21)11(18)7-4-15-10-9(7)16-6-17-14(10)22;/h4,6,8,11-13,15,19-21H,2-3,5H2,1H3,(H,16,17,22);1H/t8-,11+,12+,13?;/m1./s1. The van der Waals surface area contributed by atoms with Crippen molar-refractivity contribution in [3.63, 3.8) is 0 Å². The van der Waals surface area contributed by atoms with Crippen molar-refractivity contribution in [3.8, 4) is 0 Å². The minimum Gasteiger partial charge on any atom is -0.395 e. The number of aliphatic hydroxyl groups excluding tert-OH is 3. The summed E-state index contributed by atoms with van der Waals surface area (Å²) in [5.74, 6) is 0. The van der Waals surface area contributed by atoms with Crippen LogP contribution in [0.3, 0.4) is 0 Å². The highest BCUT2D eigenvalue weighted by Gasteiger charge is 2.48. The molecule has 4 atom stereocenters. The molecule has 1 unspecified atom stereocenters. The van der Waals surface area contributed by atoms with Gasteiger partial charge in [-0.1, -0.05) is 6.92 Å². The predicted molar refractivity (Wildman–Crippen MR) is 86.6 cm³/mol. The Morgan fingerprint density at radius 3 is 2.70 bits per heavy atom. The summed E-state index contributed by atoms with van der Waals surface area (Å²) in [6.45, 7) is 2.35. The third-order valence-corrected chi connectivity index (χ3v) is 4.34. The van der Waals surface area contributed by atoms with E-state index in [0.717, 1.165) is 6.42 Å². The van der Waals surface area contributed by atoms with Gasteiger partial charge in [0.05, 0.1) is 31.1 Å². The lowest BCUT2D eigenvalue weighted by molar-refractivity contribution is 0.0179. The second kappa shape index (κ2) is 6.98. The van der Waals surface area contributed by atoms with Gasteiger partial charge in [0, 0.05) is 11.8 Å². The largest absolute Gasteiger partial charge is 0.395 e. The molecule has 5 N–H and O–H groups in total. The fraction of sp³-hybridized carbons (Fsp3) is 0.571. The number of aliphatic hydroxyl groups is 3. The molecule has 1 aliphatic heterocycles. The van der Waals surface area contributed by atoms with Crippen molar-refractivity contribution >= 4 is 23.4 Å². The monoisotopic (exact) mass is 344 g/mol. The molecule has 2 aromatic heterocycles. The first-order valence-electron chi connectivity index (χ1n) is 7.37. The number of H-pyrrole nitrogens is 2. The Labute approximate surface area is 138 Å². The van der Waals surface area contributed by atoms with Crippen LogP contribution in [0, 0.1) is 0 Å². The minimum atomic E-state index is -1.05. The highest BCUT2D eigenvalue weighted by atomic mass is 35.5. The van der Waals surface area contributed by atoms with E-state index in [1.165, 1.54) is 6.33 Å². The molecule has 1 aliphatic rings. The predicted octanol–water partition coefficient (Wildman–Crippen LogP) is -0.478. The summed E-state index contributed by atoms with van der Waals surface area (Å²) in [7, 11) is 0. The quantitative estimate of drug-likeness (QED) is 0.510. The van der Waals surface area contributed by atoms with Gasteiger partial charge >= 0.3 is 0 Å². The van der Waals surface area contributed by atoms with E-state index in [4.69, 9.17) is 0 Å². The molecule has 3 rings (SSSR count). The Bertz CT molecular complexity index is 718. The van der Waals surface area contributed by atoms with Gasteiger partial charge in [0.25, 0.3) is 5.56 Å². The molecule has 0 bridgehead atoms. The van der Waals surface area contributed by atoms with Crippen LogP contribution in [0.1, 0.15) is 24.9 Å². The van der Waals surface area contributed by atoms with Gasteiger partial charge in [-0.3, -0.25) is 9.69 Å². The van der Waals surface area contributed by atoms with Gasteiger partial charge in [0.2, 0.25) is 0 Å². The lowest BCUT2D eigenvalue weighted by atomic mass is 10.0. The molecule has 0 saturated carbocycles. The number of fused-ring (bicyclic) bond motifs is 1. The van der Waals surface area contributed by atoms with Crippen LogP contribution in [0.4, 0.5) is 0 Å². The lowest BCUT2D eigenvalue weighted by Crippen LogP contribution is -2.39. The maximum Gasteiger partial charge on any atom is 0.275 e. The molecule has 3 heterocycles. The van der Waals surface area contributed by atoms with Crippen molar-refractivity contribution in [2.24, 2.45) is 0 Å². The fourth-order valence-electron chi connectivity index (χ4n) is 3.35. The Hall–Kier alpha value is -1.45. The number of rotatable bonds is 4. The van der Waals surface area contributed by atoms with E-state index in [1.54, 1.807) is 6.20 Å². The number of hydrogen-bond donors (Lipinski definition) is 5. The molecule has 0 radical (unpaired) electrons. The third kappa shape index (κ3) is 2.77. The van der Waals surface area contributed by atoms with E-state index in [1.807, 2.05) is 11.8 Å². The zero-order chi connectivity index (χ0) is 15.9. The Morgan fingerprint density at radius 1 is 1.30 bits per heavy atom. The summed E-state index contributed by atoms with van der Waals surface area (Å²) < 4.78 is 0. The van der Waals surface area contributed by atoms with Gasteiger partial charge < -0.3 is 25.3 Å². The number of aromatic nitrogens is 3. The smallest absolute Gasteiger partial charge is 0.275 e. The molecule has 8 nitrogen and oxygen atoms in total. The van der Waals surface area contributed by atoms with E-state index < -0.39 is 24.3 Å². The molecule has 23 heavy (non-hydrogen) atoms. The first kappa shape index (κ1) is 17.9. The maximum atomic E-state index is 11.8. The molecule has 128 valence electrons. The van der Waals surface area contributed by atoms with Gasteiger partial charge in [-0.05, 0) is 13.0 Å². The molecule has 1 fully saturated rings. The van der Waals surface area contributed by atoms with Gasteiger partial charge in [0.15, 0.2) is 0 Å². The van der Waals surface area contributed by atoms with Crippen molar-refractivity contribution in [2.75, 3.05) is 13.2 Å². The van der Waals surface area contributed by atoms with E-state index in [9.17, 15) is 20.1 Å². The molecule has 0 aromatic carbocycles. The van der Waals surface area contributed by atoms with Crippen molar-refractivity contribution in [2.45, 2.75) is 37.6 Å². The summed E-state index contributed by atoms with van der Waals surface area (Å²) in [5, 5.41) is 30.2. The average molecular weight is 345 g/mol. The number of likely N-dealkylation sites (tertiary alicyclic amines) is 1. The Morgan fingerprint density at radius 2 is 2.04 bits per heavy atom. The number of hydrogen-bond acceptors (Lipinski definition) is 6. The van der Waals surface area contributed by atoms with Crippen LogP contribution in [0.2, 0.25) is 0 Å². The molecule has 0 aliphatic carbocycles. The summed E-state index contributed by atoms with van der Waals surface area (Å²) in [6.07, 6.45) is 1.66. The normalized spacial score (nSPS) is 28.2. The van der Waals surface area contributed by atoms with E-state index in [0.29, 0.717) is 23.1 Å². The van der Waals surface area contributed by atoms with Crippen LogP contribution in [-0.2, 0) is 0 Å². The van der Waals surface area contributed by atoms with Gasteiger partial charge in [-0.25, -0.2) is 4.98 Å². The highest BCUT2D eigenvalue weighted by Crippen LogP contribution is 2.38. The fourth-order valence-corrected chi connectivity index (χ4v) is 3.35. The van der Waals surface area contributed by atoms with Crippen molar-refractivity contribution in [1.82, 2.24) is 19.9 Å². The van der Waals surface area contributed by atoms with Gasteiger partial charge in [0.1, 0.15) is 17.1 Å². The third-order valence-electron chi connectivity index (χ3n) is 4.34. The first-order valence-corrected chi connectivity index (χ1v) is 7.37. The Kier molecular flexibility index (Phi) is 5.43. The zero-order valence-electron chi connectivity index (χ0n) is 12.6. The highest BCUT2D eigenvalue weighted by molar-refractivity contribution is 5.85. The van der Waals surface area contributed by atoms with Crippen LogP contribution in [0.15, 0.2) is 17.3 Å². The molecular weight excluding hydrogens is 324 g/mol. The molecule has 1 saturated heterocycles. The SMILES string of the molecule is CCCN1[C@H](CO)[C@H](O)C(O)[C@@H]1c1c[nH]c2c(=O)[nH]cnc12.Cl. The van der Waals surface area contributed by atoms with E-state index in [2.05, 4.69) is 15.0 Å². The van der Waals surface area contributed by atoms with Crippen molar-refractivity contribution in [1.29, 1.82) is 0 Å². The van der Waals surface area contributed by atoms with Gasteiger partial charge in [-0.2, -0.15) is 0 Å². The van der Waals surface area contributed by atoms with Crippen LogP contribution < -0.4 is 5.56 Å². The topological polar surface area (TPSA) is 125 Å². The van der Waals surface area contributed by atoms with E-state index >= 15 is 0 Å². The molecule has 9 heteroatoms. The zero-order valence-corrected chi connectivity index (χ0v) is 13.5. The summed E-state index contributed by atoms with van der Waals surface area (Å²) in [5.41, 5.74) is 1.17. The lowest BCUT2D eigenvalue weighted by Gasteiger charge is -2.28. The maximum absolute atomic E-state index is 11.8. The molecular formula is C14H21ClN4O4. The van der Waals surface area contributed by atoms with Crippen LogP contribution in [-0.4, -0.2) is 66.6 Å². The number of nitrogens with zero attached hydrogens (tertiary/aromatic N) is 2. The Balaban J connectivity index is 0.00000192. The second-order valence-electron chi connectivity index (χ2n) is 5.61. The van der Waals surface area contributed by atoms with Crippen LogP contribution in [0.5, 0.6) is 0 Å². The van der Waals surface area contributed by atoms with Crippen LogP contribution in [0.25, 0.3) is 11.0 Å². The summed E-state index contributed by atoms with van der Waals surface area (Å²) in [4.78, 5) is 23.2. The number of aromatic amines is 2. The first-order chi connectivity index (χ1) is 10.6. The summed E-state index contributed by atoms with van der Waals surface area (Å²) in [6, 6.07) is -1.05. The van der Waals surface area contributed by atoms with Gasteiger partial charge in [-0.15, -0.1) is 12.4 Å². The molecule has 0 spiro atoms. The summed E-state index contributed by atoms with van der Waals surface area (Å²) >= 11 is 0. The van der Waals surface area contributed by atoms with Crippen molar-refractivity contribution < 1.29 is 15.3 Å². The number of nitrogens with one attached hydrogen (secondary N) is 2. The van der Waals surface area contributed by atoms with Crippen LogP contribution >= 0.6 is 12.4 Å². The molecule has 2 aromatic rings. The van der Waals surface area contributed by atoms with E-state index in [-0.39, 0.29) is 24.6 Å². The molecule has 0 amide bonds. The number of halogens is 1.